The molecule has 0 bridgehead atoms. The topological polar surface area (TPSA) is 85.7 Å². The van der Waals surface area contributed by atoms with Gasteiger partial charge in [0.25, 0.3) is 17.3 Å². The lowest BCUT2D eigenvalue weighted by Gasteiger charge is -2.19. The molecule has 0 radical (unpaired) electrons. The SMILES string of the molecule is COc1ccccc1OC1=[N+](C)c2c(c(=O)n(CCCO)c(=O)n2C)CCC1Cc1ccccc1. The maximum Gasteiger partial charge on any atom is 0.418 e. The minimum Gasteiger partial charge on any atom is -0.493 e. The molecule has 2 aromatic carbocycles. The second-order valence-electron chi connectivity index (χ2n) is 8.75. The van der Waals surface area contributed by atoms with Crippen molar-refractivity contribution in [1.82, 2.24) is 9.13 Å². The monoisotopic (exact) mass is 478 g/mol. The van der Waals surface area contributed by atoms with Gasteiger partial charge in [-0.1, -0.05) is 42.5 Å². The fraction of sp³-hybridized carbons (Fsp3) is 0.370. The standard InChI is InChI=1S/C27H32N3O5/c1-28-24-21(25(32)30(16-9-17-31)27(33)29(24)2)15-14-20(18-19-10-5-4-6-11-19)26(28)35-23-13-8-7-12-22(23)34-3/h4-8,10-13,20,31H,9,14-18H2,1-3H3/q+1. The first-order chi connectivity index (χ1) is 17.0. The van der Waals surface area contributed by atoms with Crippen LogP contribution in [-0.2, 0) is 26.4 Å². The zero-order chi connectivity index (χ0) is 24.9. The molecule has 2 heterocycles. The van der Waals surface area contributed by atoms with Crippen LogP contribution < -0.4 is 20.7 Å². The van der Waals surface area contributed by atoms with Crippen molar-refractivity contribution in [2.75, 3.05) is 20.8 Å². The average Bonchev–Trinajstić information content (AvgIpc) is 3.00. The third-order valence-corrected chi connectivity index (χ3v) is 6.50. The number of hydrogen-bond acceptors (Lipinski definition) is 5. The van der Waals surface area contributed by atoms with Crippen molar-refractivity contribution >= 4 is 11.7 Å². The van der Waals surface area contributed by atoms with Crippen molar-refractivity contribution in [3.8, 4) is 11.5 Å². The van der Waals surface area contributed by atoms with Gasteiger partial charge in [0.15, 0.2) is 11.5 Å². The largest absolute Gasteiger partial charge is 0.493 e. The summed E-state index contributed by atoms with van der Waals surface area (Å²) in [4.78, 5) is 26.5. The Morgan fingerprint density at radius 1 is 1.06 bits per heavy atom. The molecule has 1 aromatic heterocycles. The van der Waals surface area contributed by atoms with E-state index in [1.807, 2.05) is 54.1 Å². The van der Waals surface area contributed by atoms with Gasteiger partial charge in [-0.15, -0.1) is 0 Å². The van der Waals surface area contributed by atoms with E-state index in [-0.39, 0.29) is 24.6 Å². The van der Waals surface area contributed by atoms with Crippen LogP contribution in [0, 0.1) is 5.92 Å². The Morgan fingerprint density at radius 3 is 2.43 bits per heavy atom. The number of rotatable bonds is 7. The van der Waals surface area contributed by atoms with E-state index in [2.05, 4.69) is 12.1 Å². The smallest absolute Gasteiger partial charge is 0.418 e. The molecule has 0 saturated carbocycles. The molecule has 35 heavy (non-hydrogen) atoms. The van der Waals surface area contributed by atoms with E-state index in [1.165, 1.54) is 9.13 Å². The Balaban J connectivity index is 1.88. The van der Waals surface area contributed by atoms with Gasteiger partial charge in [0.2, 0.25) is 0 Å². The predicted molar refractivity (Wildman–Crippen MR) is 134 cm³/mol. The van der Waals surface area contributed by atoms with Crippen LogP contribution in [0.3, 0.4) is 0 Å². The van der Waals surface area contributed by atoms with Crippen molar-refractivity contribution in [2.24, 2.45) is 13.0 Å². The molecule has 1 aliphatic rings. The van der Waals surface area contributed by atoms with Gasteiger partial charge in [0.1, 0.15) is 5.56 Å². The maximum atomic E-state index is 13.4. The number of aromatic nitrogens is 2. The minimum absolute atomic E-state index is 0.0416. The summed E-state index contributed by atoms with van der Waals surface area (Å²) in [6.07, 6.45) is 2.23. The van der Waals surface area contributed by atoms with Crippen LogP contribution in [0.1, 0.15) is 24.0 Å². The Bertz CT molecular complexity index is 1340. The van der Waals surface area contributed by atoms with E-state index in [0.717, 1.165) is 12.0 Å². The van der Waals surface area contributed by atoms with Crippen molar-refractivity contribution in [1.29, 1.82) is 0 Å². The number of aliphatic hydroxyl groups excluding tert-OH is 1. The first kappa shape index (κ1) is 24.5. The molecule has 0 saturated heterocycles. The molecule has 4 rings (SSSR count). The van der Waals surface area contributed by atoms with Gasteiger partial charge in [0, 0.05) is 13.2 Å². The van der Waals surface area contributed by atoms with Gasteiger partial charge in [-0.3, -0.25) is 4.79 Å². The molecule has 0 spiro atoms. The van der Waals surface area contributed by atoms with E-state index in [4.69, 9.17) is 9.47 Å². The van der Waals surface area contributed by atoms with Gasteiger partial charge < -0.3 is 14.6 Å². The van der Waals surface area contributed by atoms with Crippen LogP contribution in [0.4, 0.5) is 5.82 Å². The Hall–Kier alpha value is -3.65. The van der Waals surface area contributed by atoms with Crippen LogP contribution in [-0.4, -0.2) is 45.5 Å². The molecule has 1 N–H and O–H groups in total. The Labute approximate surface area is 204 Å². The maximum absolute atomic E-state index is 13.4. The van der Waals surface area contributed by atoms with Crippen LogP contribution in [0.15, 0.2) is 64.2 Å². The molecule has 8 heteroatoms. The zero-order valence-corrected chi connectivity index (χ0v) is 20.4. The second-order valence-corrected chi connectivity index (χ2v) is 8.75. The van der Waals surface area contributed by atoms with Crippen LogP contribution in [0.2, 0.25) is 0 Å². The highest BCUT2D eigenvalue weighted by molar-refractivity contribution is 5.79. The van der Waals surface area contributed by atoms with E-state index in [9.17, 15) is 14.7 Å². The third-order valence-electron chi connectivity index (χ3n) is 6.50. The fourth-order valence-electron chi connectivity index (χ4n) is 4.77. The number of methoxy groups -OCH3 is 1. The molecule has 0 fully saturated rings. The Morgan fingerprint density at radius 2 is 1.74 bits per heavy atom. The first-order valence-corrected chi connectivity index (χ1v) is 11.8. The highest BCUT2D eigenvalue weighted by Crippen LogP contribution is 2.31. The van der Waals surface area contributed by atoms with E-state index in [0.29, 0.717) is 48.0 Å². The molecule has 1 aliphatic heterocycles. The summed E-state index contributed by atoms with van der Waals surface area (Å²) >= 11 is 0. The van der Waals surface area contributed by atoms with Crippen molar-refractivity contribution < 1.29 is 19.2 Å². The van der Waals surface area contributed by atoms with Crippen LogP contribution in [0.5, 0.6) is 11.5 Å². The van der Waals surface area contributed by atoms with E-state index < -0.39 is 5.69 Å². The van der Waals surface area contributed by atoms with Crippen LogP contribution >= 0.6 is 0 Å². The molecular weight excluding hydrogens is 446 g/mol. The number of nitrogens with zero attached hydrogens (tertiary/aromatic N) is 3. The molecule has 3 aromatic rings. The summed E-state index contributed by atoms with van der Waals surface area (Å²) in [5, 5.41) is 9.23. The summed E-state index contributed by atoms with van der Waals surface area (Å²) in [5.41, 5.74) is 1.02. The Kier molecular flexibility index (Phi) is 7.51. The summed E-state index contributed by atoms with van der Waals surface area (Å²) in [7, 11) is 5.10. The number of aliphatic hydroxyl groups is 1. The average molecular weight is 479 g/mol. The first-order valence-electron chi connectivity index (χ1n) is 11.8. The van der Waals surface area contributed by atoms with Crippen LogP contribution in [0.25, 0.3) is 0 Å². The molecular formula is C27H32N3O5+. The summed E-state index contributed by atoms with van der Waals surface area (Å²) < 4.78 is 16.6. The second kappa shape index (κ2) is 10.7. The molecule has 1 unspecified atom stereocenters. The predicted octanol–water partition coefficient (Wildman–Crippen LogP) is 2.49. The number of hydrogen-bond donors (Lipinski definition) is 1. The molecule has 184 valence electrons. The molecule has 1 atom stereocenters. The lowest BCUT2D eigenvalue weighted by atomic mass is 9.93. The minimum atomic E-state index is -0.410. The fourth-order valence-corrected chi connectivity index (χ4v) is 4.77. The molecule has 0 aliphatic carbocycles. The van der Waals surface area contributed by atoms with Gasteiger partial charge in [-0.25, -0.2) is 13.9 Å². The number of para-hydroxylation sites is 2. The van der Waals surface area contributed by atoms with Gasteiger partial charge in [0.05, 0.1) is 27.1 Å². The third kappa shape index (κ3) is 4.93. The number of fused-ring (bicyclic) bond motifs is 1. The van der Waals surface area contributed by atoms with Gasteiger partial charge in [-0.05, 0) is 43.4 Å². The number of benzene rings is 2. The summed E-state index contributed by atoms with van der Waals surface area (Å²) in [6, 6.07) is 17.6. The lowest BCUT2D eigenvalue weighted by Crippen LogP contribution is -2.42. The van der Waals surface area contributed by atoms with Crippen molar-refractivity contribution in [2.45, 2.75) is 32.2 Å². The highest BCUT2D eigenvalue weighted by atomic mass is 16.5. The molecule has 0 amide bonds. The quantitative estimate of drug-likeness (QED) is 0.528. The number of ether oxygens (including phenoxy) is 2. The van der Waals surface area contributed by atoms with Gasteiger partial charge >= 0.3 is 5.69 Å². The van der Waals surface area contributed by atoms with Crippen molar-refractivity contribution in [3.05, 3.63) is 86.6 Å². The van der Waals surface area contributed by atoms with E-state index in [1.54, 1.807) is 14.2 Å². The normalized spacial score (nSPS) is 15.5. The van der Waals surface area contributed by atoms with Gasteiger partial charge in [-0.2, -0.15) is 4.57 Å². The zero-order valence-electron chi connectivity index (χ0n) is 20.4. The van der Waals surface area contributed by atoms with Crippen molar-refractivity contribution in [3.63, 3.8) is 0 Å². The highest BCUT2D eigenvalue weighted by Gasteiger charge is 2.35. The molecule has 8 nitrogen and oxygen atoms in total. The lowest BCUT2D eigenvalue weighted by molar-refractivity contribution is -0.424. The van der Waals surface area contributed by atoms with E-state index >= 15 is 0 Å². The summed E-state index contributed by atoms with van der Waals surface area (Å²) in [6.45, 7) is 0.0944. The summed E-state index contributed by atoms with van der Waals surface area (Å²) in [5.74, 6) is 2.31.